The van der Waals surface area contributed by atoms with E-state index in [2.05, 4.69) is 20.9 Å². The second-order valence-electron chi connectivity index (χ2n) is 3.88. The Morgan fingerprint density at radius 1 is 1.37 bits per heavy atom. The maximum Gasteiger partial charge on any atom is 0.204 e. The maximum absolute atomic E-state index is 6.25. The molecule has 2 heterocycles. The lowest BCUT2D eigenvalue weighted by Gasteiger charge is -2.13. The highest BCUT2D eigenvalue weighted by Gasteiger charge is 2.29. The molecule has 6 heteroatoms. The first-order valence-electron chi connectivity index (χ1n) is 5.43. The van der Waals surface area contributed by atoms with Crippen LogP contribution in [0.1, 0.15) is 5.56 Å². The largest absolute Gasteiger partial charge is 0.463 e. The summed E-state index contributed by atoms with van der Waals surface area (Å²) >= 11 is 16.4. The molecule has 1 aromatic rings. The van der Waals surface area contributed by atoms with Gasteiger partial charge in [-0.1, -0.05) is 41.6 Å². The molecular formula is C13H7BrClNOS2. The first-order chi connectivity index (χ1) is 9.15. The van der Waals surface area contributed by atoms with Crippen LogP contribution >= 0.6 is 51.5 Å². The highest BCUT2D eigenvalue weighted by molar-refractivity contribution is 9.14. The van der Waals surface area contributed by atoms with Gasteiger partial charge in [0.15, 0.2) is 5.44 Å². The fraction of sp³-hybridized carbons (Fsp3) is 0.0769. The Morgan fingerprint density at radius 2 is 2.16 bits per heavy atom. The predicted molar refractivity (Wildman–Crippen MR) is 88.9 cm³/mol. The van der Waals surface area contributed by atoms with Crippen LogP contribution in [0.15, 0.2) is 44.7 Å². The minimum Gasteiger partial charge on any atom is -0.463 e. The van der Waals surface area contributed by atoms with Gasteiger partial charge in [-0.3, -0.25) is 4.99 Å². The van der Waals surface area contributed by atoms with Crippen LogP contribution in [0.4, 0.5) is 0 Å². The lowest BCUT2D eigenvalue weighted by molar-refractivity contribution is 0.330. The SMILES string of the molecule is S=C1C=NC(c2ccccc2Cl)=C2C=C(Br)SC2O1. The minimum absolute atomic E-state index is 0.171. The Morgan fingerprint density at radius 3 is 2.95 bits per heavy atom. The summed E-state index contributed by atoms with van der Waals surface area (Å²) in [5.74, 6) is 0. The average Bonchev–Trinajstić information content (AvgIpc) is 2.65. The van der Waals surface area contributed by atoms with Gasteiger partial charge in [-0.05, 0) is 40.3 Å². The third kappa shape index (κ3) is 2.65. The average molecular weight is 373 g/mol. The van der Waals surface area contributed by atoms with Crippen LogP contribution in [-0.2, 0) is 4.74 Å². The van der Waals surface area contributed by atoms with Crippen molar-refractivity contribution in [3.05, 3.63) is 50.3 Å². The number of hydrogen-bond acceptors (Lipinski definition) is 4. The number of thioether (sulfide) groups is 1. The van der Waals surface area contributed by atoms with Crippen molar-refractivity contribution in [2.75, 3.05) is 0 Å². The molecule has 19 heavy (non-hydrogen) atoms. The normalized spacial score (nSPS) is 21.9. The van der Waals surface area contributed by atoms with E-state index in [-0.39, 0.29) is 5.44 Å². The Bertz CT molecular complexity index is 654. The Labute approximate surface area is 133 Å². The molecule has 2 aliphatic rings. The summed E-state index contributed by atoms with van der Waals surface area (Å²) < 4.78 is 6.66. The molecule has 0 amide bonds. The Hall–Kier alpha value is -0.620. The fourth-order valence-corrected chi connectivity index (χ4v) is 3.91. The molecule has 0 saturated carbocycles. The summed E-state index contributed by atoms with van der Waals surface area (Å²) in [6.07, 6.45) is 3.56. The number of ether oxygens (including phenoxy) is 1. The van der Waals surface area contributed by atoms with E-state index in [9.17, 15) is 0 Å². The van der Waals surface area contributed by atoms with Crippen LogP contribution in [0, 0.1) is 0 Å². The highest BCUT2D eigenvalue weighted by Crippen LogP contribution is 2.45. The number of fused-ring (bicyclic) bond motifs is 1. The molecule has 0 radical (unpaired) electrons. The van der Waals surface area contributed by atoms with Crippen LogP contribution in [0.5, 0.6) is 0 Å². The van der Waals surface area contributed by atoms with E-state index in [1.54, 1.807) is 18.0 Å². The molecular weight excluding hydrogens is 366 g/mol. The number of benzene rings is 1. The van der Waals surface area contributed by atoms with Gasteiger partial charge >= 0.3 is 0 Å². The molecule has 0 bridgehead atoms. The van der Waals surface area contributed by atoms with E-state index in [1.165, 1.54) is 0 Å². The zero-order valence-corrected chi connectivity index (χ0v) is 13.4. The number of hydrogen-bond donors (Lipinski definition) is 0. The van der Waals surface area contributed by atoms with Gasteiger partial charge in [0.05, 0.1) is 15.7 Å². The zero-order chi connectivity index (χ0) is 13.4. The van der Waals surface area contributed by atoms with Crippen LogP contribution in [0.2, 0.25) is 5.02 Å². The second-order valence-corrected chi connectivity index (χ2v) is 7.17. The van der Waals surface area contributed by atoms with Gasteiger partial charge in [-0.2, -0.15) is 0 Å². The molecule has 0 saturated heterocycles. The van der Waals surface area contributed by atoms with Crippen LogP contribution in [0.3, 0.4) is 0 Å². The van der Waals surface area contributed by atoms with Crippen molar-refractivity contribution in [2.24, 2.45) is 4.99 Å². The summed E-state index contributed by atoms with van der Waals surface area (Å²) in [5, 5.41) is 1.04. The standard InChI is InChI=1S/C13H7BrClNOS2/c14-10-5-8-12(7-3-1-2-4-9(7)15)16-6-11(18)17-13(8)19-10/h1-6,13H. The number of thiocarbonyl (C=S) groups is 1. The second kappa shape index (κ2) is 5.40. The van der Waals surface area contributed by atoms with E-state index in [4.69, 9.17) is 28.6 Å². The van der Waals surface area contributed by atoms with Crippen molar-refractivity contribution in [2.45, 2.75) is 5.44 Å². The van der Waals surface area contributed by atoms with Crippen molar-refractivity contribution in [3.8, 4) is 0 Å². The smallest absolute Gasteiger partial charge is 0.204 e. The first-order valence-corrected chi connectivity index (χ1v) is 7.88. The lowest BCUT2D eigenvalue weighted by atomic mass is 10.1. The summed E-state index contributed by atoms with van der Waals surface area (Å²) in [4.78, 5) is 4.44. The van der Waals surface area contributed by atoms with E-state index < -0.39 is 0 Å². The summed E-state index contributed by atoms with van der Waals surface area (Å²) in [7, 11) is 0. The summed E-state index contributed by atoms with van der Waals surface area (Å²) in [5.41, 5.74) is 2.49. The molecule has 0 aliphatic carbocycles. The van der Waals surface area contributed by atoms with Crippen molar-refractivity contribution >= 4 is 68.5 Å². The van der Waals surface area contributed by atoms with Crippen molar-refractivity contribution < 1.29 is 4.74 Å². The molecule has 0 spiro atoms. The Balaban J connectivity index is 2.20. The molecule has 1 atom stereocenters. The third-order valence-electron chi connectivity index (χ3n) is 2.67. The Kier molecular flexibility index (Phi) is 3.80. The van der Waals surface area contributed by atoms with Gasteiger partial charge in [-0.15, -0.1) is 0 Å². The molecule has 2 aliphatic heterocycles. The number of halogens is 2. The molecule has 0 fully saturated rings. The number of aliphatic imine (C=N–C) groups is 1. The van der Waals surface area contributed by atoms with Gasteiger partial charge in [0.2, 0.25) is 5.05 Å². The summed E-state index contributed by atoms with van der Waals surface area (Å²) in [6, 6.07) is 7.62. The zero-order valence-electron chi connectivity index (χ0n) is 9.47. The molecule has 1 aromatic carbocycles. The minimum atomic E-state index is -0.171. The van der Waals surface area contributed by atoms with Gasteiger partial charge in [0, 0.05) is 16.2 Å². The van der Waals surface area contributed by atoms with Crippen LogP contribution in [0.25, 0.3) is 5.70 Å². The topological polar surface area (TPSA) is 21.6 Å². The van der Waals surface area contributed by atoms with E-state index in [1.807, 2.05) is 30.3 Å². The van der Waals surface area contributed by atoms with Gasteiger partial charge in [0.25, 0.3) is 0 Å². The highest BCUT2D eigenvalue weighted by atomic mass is 79.9. The van der Waals surface area contributed by atoms with Crippen molar-refractivity contribution in [1.29, 1.82) is 0 Å². The van der Waals surface area contributed by atoms with Crippen LogP contribution in [-0.4, -0.2) is 16.7 Å². The van der Waals surface area contributed by atoms with Crippen LogP contribution < -0.4 is 0 Å². The number of rotatable bonds is 1. The third-order valence-corrected chi connectivity index (χ3v) is 4.90. The quantitative estimate of drug-likeness (QED) is 0.662. The molecule has 3 rings (SSSR count). The molecule has 1 unspecified atom stereocenters. The first kappa shape index (κ1) is 13.4. The van der Waals surface area contributed by atoms with Gasteiger partial charge < -0.3 is 4.74 Å². The molecule has 96 valence electrons. The van der Waals surface area contributed by atoms with E-state index >= 15 is 0 Å². The van der Waals surface area contributed by atoms with Gasteiger partial charge in [0.1, 0.15) is 0 Å². The monoisotopic (exact) mass is 371 g/mol. The van der Waals surface area contributed by atoms with Crippen molar-refractivity contribution in [1.82, 2.24) is 0 Å². The molecule has 0 N–H and O–H groups in total. The summed E-state index contributed by atoms with van der Waals surface area (Å²) in [6.45, 7) is 0. The molecule has 0 aromatic heterocycles. The van der Waals surface area contributed by atoms with Gasteiger partial charge in [-0.25, -0.2) is 0 Å². The maximum atomic E-state index is 6.25. The molecule has 2 nitrogen and oxygen atoms in total. The van der Waals surface area contributed by atoms with Crippen molar-refractivity contribution in [3.63, 3.8) is 0 Å². The lowest BCUT2D eigenvalue weighted by Crippen LogP contribution is -2.11. The fourth-order valence-electron chi connectivity index (χ4n) is 1.86. The predicted octanol–water partition coefficient (Wildman–Crippen LogP) is 4.79. The van der Waals surface area contributed by atoms with E-state index in [0.717, 1.165) is 20.6 Å². The number of nitrogens with zero attached hydrogens (tertiary/aromatic N) is 1. The van der Waals surface area contributed by atoms with E-state index in [0.29, 0.717) is 10.1 Å².